The van der Waals surface area contributed by atoms with Crippen LogP contribution in [0.25, 0.3) is 11.4 Å². The first-order chi connectivity index (χ1) is 7.63. The summed E-state index contributed by atoms with van der Waals surface area (Å²) in [4.78, 5) is 0. The van der Waals surface area contributed by atoms with Gasteiger partial charge in [-0.25, -0.2) is 0 Å². The van der Waals surface area contributed by atoms with Gasteiger partial charge in [-0.3, -0.25) is 0 Å². The summed E-state index contributed by atoms with van der Waals surface area (Å²) in [5.74, 6) is 1.62. The van der Waals surface area contributed by atoms with Crippen molar-refractivity contribution in [3.63, 3.8) is 0 Å². The lowest BCUT2D eigenvalue weighted by Gasteiger charge is -2.04. The van der Waals surface area contributed by atoms with Crippen LogP contribution in [0.15, 0.2) is 22.7 Å². The summed E-state index contributed by atoms with van der Waals surface area (Å²) in [5, 5.41) is 8.18. The second-order valence-electron chi connectivity index (χ2n) is 3.67. The van der Waals surface area contributed by atoms with E-state index in [1.54, 1.807) is 0 Å². The van der Waals surface area contributed by atoms with Crippen molar-refractivity contribution < 1.29 is 0 Å². The summed E-state index contributed by atoms with van der Waals surface area (Å²) in [6.07, 6.45) is 0. The van der Waals surface area contributed by atoms with Gasteiger partial charge in [0.05, 0.1) is 6.54 Å². The molecule has 0 aliphatic rings. The van der Waals surface area contributed by atoms with Crippen LogP contribution in [0, 0.1) is 6.92 Å². The number of hydrogen-bond donors (Lipinski definition) is 1. The summed E-state index contributed by atoms with van der Waals surface area (Å²) < 4.78 is 2.99. The van der Waals surface area contributed by atoms with Crippen LogP contribution < -0.4 is 5.73 Å². The summed E-state index contributed by atoms with van der Waals surface area (Å²) in [7, 11) is 1.92. The number of aryl methyl sites for hydroxylation is 1. The van der Waals surface area contributed by atoms with E-state index in [2.05, 4.69) is 39.1 Å². The average Bonchev–Trinajstić information content (AvgIpc) is 2.64. The molecule has 84 valence electrons. The van der Waals surface area contributed by atoms with Crippen molar-refractivity contribution in [1.82, 2.24) is 14.8 Å². The highest BCUT2D eigenvalue weighted by molar-refractivity contribution is 9.10. The zero-order valence-electron chi connectivity index (χ0n) is 9.24. The normalized spacial score (nSPS) is 10.8. The fraction of sp³-hybridized carbons (Fsp3) is 0.273. The first-order valence-electron chi connectivity index (χ1n) is 4.98. The molecule has 0 radical (unpaired) electrons. The third kappa shape index (κ3) is 1.88. The molecular formula is C11H13BrN4. The number of nitrogens with two attached hydrogens (primary N) is 1. The van der Waals surface area contributed by atoms with Crippen LogP contribution in [-0.2, 0) is 13.6 Å². The monoisotopic (exact) mass is 280 g/mol. The van der Waals surface area contributed by atoms with Gasteiger partial charge in [0.2, 0.25) is 0 Å². The maximum Gasteiger partial charge on any atom is 0.163 e. The maximum absolute atomic E-state index is 5.56. The molecule has 0 aliphatic carbocycles. The molecule has 0 bridgehead atoms. The number of nitrogens with zero attached hydrogens (tertiary/aromatic N) is 3. The van der Waals surface area contributed by atoms with Gasteiger partial charge in [0.15, 0.2) is 5.82 Å². The van der Waals surface area contributed by atoms with E-state index in [4.69, 9.17) is 5.73 Å². The molecule has 0 saturated heterocycles. The van der Waals surface area contributed by atoms with E-state index in [-0.39, 0.29) is 0 Å². The third-order valence-electron chi connectivity index (χ3n) is 2.58. The lowest BCUT2D eigenvalue weighted by Crippen LogP contribution is -2.05. The molecule has 0 amide bonds. The molecule has 0 unspecified atom stereocenters. The van der Waals surface area contributed by atoms with Crippen LogP contribution >= 0.6 is 15.9 Å². The van der Waals surface area contributed by atoms with Crippen molar-refractivity contribution in [2.75, 3.05) is 0 Å². The highest BCUT2D eigenvalue weighted by atomic mass is 79.9. The van der Waals surface area contributed by atoms with E-state index in [1.165, 1.54) is 5.56 Å². The molecule has 4 nitrogen and oxygen atoms in total. The van der Waals surface area contributed by atoms with Crippen LogP contribution in [-0.4, -0.2) is 14.8 Å². The first kappa shape index (κ1) is 11.3. The molecule has 16 heavy (non-hydrogen) atoms. The Morgan fingerprint density at radius 2 is 2.12 bits per heavy atom. The Bertz CT molecular complexity index is 519. The largest absolute Gasteiger partial charge is 0.324 e. The Kier molecular flexibility index (Phi) is 3.07. The Balaban J connectivity index is 2.50. The van der Waals surface area contributed by atoms with Gasteiger partial charge in [-0.2, -0.15) is 0 Å². The molecule has 0 atom stereocenters. The standard InChI is InChI=1S/C11H13BrN4/c1-7-3-4-8(5-9(7)12)11-15-14-10(6-13)16(11)2/h3-5H,6,13H2,1-2H3. The zero-order valence-corrected chi connectivity index (χ0v) is 10.8. The van der Waals surface area contributed by atoms with Gasteiger partial charge in [0.25, 0.3) is 0 Å². The number of rotatable bonds is 2. The van der Waals surface area contributed by atoms with Gasteiger partial charge in [-0.05, 0) is 18.6 Å². The summed E-state index contributed by atoms with van der Waals surface area (Å²) in [6.45, 7) is 2.45. The van der Waals surface area contributed by atoms with Crippen LogP contribution in [0.1, 0.15) is 11.4 Å². The minimum absolute atomic E-state index is 0.399. The zero-order chi connectivity index (χ0) is 11.7. The van der Waals surface area contributed by atoms with Crippen LogP contribution in [0.2, 0.25) is 0 Å². The van der Waals surface area contributed by atoms with E-state index in [1.807, 2.05) is 23.7 Å². The van der Waals surface area contributed by atoms with E-state index in [9.17, 15) is 0 Å². The highest BCUT2D eigenvalue weighted by Crippen LogP contribution is 2.24. The lowest BCUT2D eigenvalue weighted by molar-refractivity contribution is 0.797. The van der Waals surface area contributed by atoms with E-state index >= 15 is 0 Å². The fourth-order valence-corrected chi connectivity index (χ4v) is 1.90. The first-order valence-corrected chi connectivity index (χ1v) is 5.77. The minimum atomic E-state index is 0.399. The van der Waals surface area contributed by atoms with Crippen molar-refractivity contribution in [2.24, 2.45) is 12.8 Å². The maximum atomic E-state index is 5.56. The van der Waals surface area contributed by atoms with Crippen LogP contribution in [0.4, 0.5) is 0 Å². The molecule has 2 rings (SSSR count). The third-order valence-corrected chi connectivity index (χ3v) is 3.43. The van der Waals surface area contributed by atoms with E-state index in [0.717, 1.165) is 21.7 Å². The van der Waals surface area contributed by atoms with Gasteiger partial charge in [0.1, 0.15) is 5.82 Å². The quantitative estimate of drug-likeness (QED) is 0.916. The molecule has 2 aromatic rings. The van der Waals surface area contributed by atoms with Crippen molar-refractivity contribution in [3.8, 4) is 11.4 Å². The van der Waals surface area contributed by atoms with Gasteiger partial charge in [-0.1, -0.05) is 28.1 Å². The number of aromatic nitrogens is 3. The highest BCUT2D eigenvalue weighted by Gasteiger charge is 2.10. The predicted molar refractivity (Wildman–Crippen MR) is 66.8 cm³/mol. The molecular weight excluding hydrogens is 268 g/mol. The fourth-order valence-electron chi connectivity index (χ4n) is 1.52. The average molecular weight is 281 g/mol. The topological polar surface area (TPSA) is 56.7 Å². The van der Waals surface area contributed by atoms with E-state index in [0.29, 0.717) is 6.54 Å². The van der Waals surface area contributed by atoms with E-state index < -0.39 is 0 Å². The minimum Gasteiger partial charge on any atom is -0.324 e. The molecule has 2 N–H and O–H groups in total. The molecule has 1 heterocycles. The number of hydrogen-bond acceptors (Lipinski definition) is 3. The molecule has 0 aliphatic heterocycles. The van der Waals surface area contributed by atoms with Gasteiger partial charge < -0.3 is 10.3 Å². The van der Waals surface area contributed by atoms with Crippen LogP contribution in [0.5, 0.6) is 0 Å². The Morgan fingerprint density at radius 1 is 1.38 bits per heavy atom. The van der Waals surface area contributed by atoms with Gasteiger partial charge in [-0.15, -0.1) is 10.2 Å². The summed E-state index contributed by atoms with van der Waals surface area (Å²) >= 11 is 3.51. The molecule has 0 spiro atoms. The Morgan fingerprint density at radius 3 is 2.69 bits per heavy atom. The van der Waals surface area contributed by atoms with Gasteiger partial charge in [0, 0.05) is 17.1 Å². The molecule has 1 aromatic heterocycles. The van der Waals surface area contributed by atoms with Gasteiger partial charge >= 0.3 is 0 Å². The molecule has 1 aromatic carbocycles. The second-order valence-corrected chi connectivity index (χ2v) is 4.52. The smallest absolute Gasteiger partial charge is 0.163 e. The lowest BCUT2D eigenvalue weighted by atomic mass is 10.1. The Labute approximate surface area is 103 Å². The number of benzene rings is 1. The van der Waals surface area contributed by atoms with Crippen molar-refractivity contribution in [2.45, 2.75) is 13.5 Å². The number of halogens is 1. The summed E-state index contributed by atoms with van der Waals surface area (Å²) in [5.41, 5.74) is 7.80. The Hall–Kier alpha value is -1.20. The molecule has 5 heteroatoms. The SMILES string of the molecule is Cc1ccc(-c2nnc(CN)n2C)cc1Br. The van der Waals surface area contributed by atoms with Crippen molar-refractivity contribution in [3.05, 3.63) is 34.1 Å². The molecule has 0 saturated carbocycles. The van der Waals surface area contributed by atoms with Crippen molar-refractivity contribution >= 4 is 15.9 Å². The summed E-state index contributed by atoms with van der Waals surface area (Å²) in [6, 6.07) is 6.13. The molecule has 0 fully saturated rings. The van der Waals surface area contributed by atoms with Crippen LogP contribution in [0.3, 0.4) is 0 Å². The second kappa shape index (κ2) is 4.35. The van der Waals surface area contributed by atoms with Crippen molar-refractivity contribution in [1.29, 1.82) is 0 Å². The predicted octanol–water partition coefficient (Wildman–Crippen LogP) is 2.01.